The molecule has 0 fully saturated rings. The molecule has 1 heterocycles. The molecule has 17 heavy (non-hydrogen) atoms. The summed E-state index contributed by atoms with van der Waals surface area (Å²) in [4.78, 5) is 12.2. The van der Waals surface area contributed by atoms with E-state index >= 15 is 0 Å². The molecule has 2 heteroatoms. The van der Waals surface area contributed by atoms with Crippen molar-refractivity contribution in [1.29, 1.82) is 0 Å². The summed E-state index contributed by atoms with van der Waals surface area (Å²) in [5, 5.41) is 0. The second-order valence-electron chi connectivity index (χ2n) is 2.78. The number of amides is 1. The first-order valence-corrected chi connectivity index (χ1v) is 6.66. The molecule has 1 aromatic rings. The third-order valence-electron chi connectivity index (χ3n) is 2.01. The summed E-state index contributed by atoms with van der Waals surface area (Å²) in [6, 6.07) is 8.15. The molecule has 0 unspecified atom stereocenters. The Balaban J connectivity index is 0. The summed E-state index contributed by atoms with van der Waals surface area (Å²) in [6.45, 7) is 13.6. The number of carbonyl (C=O) groups is 1. The summed E-state index contributed by atoms with van der Waals surface area (Å²) in [5.74, 6) is 0. The number of rotatable bonds is 1. The van der Waals surface area contributed by atoms with Crippen molar-refractivity contribution in [3.05, 3.63) is 35.4 Å². The molecule has 0 aromatic heterocycles. The van der Waals surface area contributed by atoms with Crippen LogP contribution in [0.3, 0.4) is 0 Å². The number of benzene rings is 1. The average Bonchev–Trinajstić information content (AvgIpc) is 2.88. The number of hydrogen-bond donors (Lipinski definition) is 0. The Kier molecular flexibility index (Phi) is 13.6. The number of nitrogens with zero attached hydrogens (tertiary/aromatic N) is 1. The van der Waals surface area contributed by atoms with Gasteiger partial charge in [0, 0.05) is 13.1 Å². The van der Waals surface area contributed by atoms with E-state index in [9.17, 15) is 4.79 Å². The second kappa shape index (κ2) is 12.8. The fourth-order valence-electron chi connectivity index (χ4n) is 1.43. The molecule has 2 rings (SSSR count). The quantitative estimate of drug-likeness (QED) is 0.669. The van der Waals surface area contributed by atoms with E-state index in [-0.39, 0.29) is 0 Å². The monoisotopic (exact) mass is 237 g/mol. The van der Waals surface area contributed by atoms with E-state index in [1.54, 1.807) is 4.90 Å². The lowest BCUT2D eigenvalue weighted by Gasteiger charge is -2.04. The van der Waals surface area contributed by atoms with Crippen molar-refractivity contribution in [2.24, 2.45) is 0 Å². The van der Waals surface area contributed by atoms with Crippen LogP contribution in [0.15, 0.2) is 24.3 Å². The van der Waals surface area contributed by atoms with Gasteiger partial charge in [0.25, 0.3) is 0 Å². The average molecular weight is 237 g/mol. The van der Waals surface area contributed by atoms with Crippen molar-refractivity contribution >= 4 is 6.41 Å². The van der Waals surface area contributed by atoms with Crippen LogP contribution < -0.4 is 0 Å². The van der Waals surface area contributed by atoms with E-state index in [0.717, 1.165) is 19.5 Å². The zero-order chi connectivity index (χ0) is 13.7. The fraction of sp³-hybridized carbons (Fsp3) is 0.533. The zero-order valence-electron chi connectivity index (χ0n) is 12.2. The lowest BCUT2D eigenvalue weighted by molar-refractivity contribution is -0.118. The molecule has 0 saturated carbocycles. The van der Waals surface area contributed by atoms with Crippen LogP contribution in [-0.2, 0) is 17.9 Å². The van der Waals surface area contributed by atoms with Crippen LogP contribution in [0.4, 0.5) is 0 Å². The van der Waals surface area contributed by atoms with Crippen LogP contribution in [0.2, 0.25) is 0 Å². The Morgan fingerprint density at radius 1 is 0.882 bits per heavy atom. The normalized spacial score (nSPS) is 10.6. The maximum absolute atomic E-state index is 10.4. The first-order chi connectivity index (χ1) is 8.40. The third-order valence-corrected chi connectivity index (χ3v) is 2.01. The minimum Gasteiger partial charge on any atom is -0.337 e. The molecule has 98 valence electrons. The van der Waals surface area contributed by atoms with Gasteiger partial charge in [0.05, 0.1) is 0 Å². The topological polar surface area (TPSA) is 20.3 Å². The SMILES string of the molecule is CC.CC.CC.O=CN1Cc2ccccc2C1. The summed E-state index contributed by atoms with van der Waals surface area (Å²) >= 11 is 0. The highest BCUT2D eigenvalue weighted by atomic mass is 16.1. The summed E-state index contributed by atoms with van der Waals surface area (Å²) in [5.41, 5.74) is 2.55. The molecule has 1 aliphatic heterocycles. The lowest BCUT2D eigenvalue weighted by Crippen LogP contribution is -2.12. The van der Waals surface area contributed by atoms with Gasteiger partial charge in [-0.15, -0.1) is 0 Å². The Labute approximate surface area is 107 Å². The number of carbonyl (C=O) groups excluding carboxylic acids is 1. The van der Waals surface area contributed by atoms with Gasteiger partial charge >= 0.3 is 0 Å². The predicted molar refractivity (Wildman–Crippen MR) is 75.8 cm³/mol. The van der Waals surface area contributed by atoms with Gasteiger partial charge in [-0.3, -0.25) is 4.79 Å². The van der Waals surface area contributed by atoms with Gasteiger partial charge in [0.15, 0.2) is 0 Å². The third kappa shape index (κ3) is 6.10. The van der Waals surface area contributed by atoms with Gasteiger partial charge < -0.3 is 4.90 Å². The minimum atomic E-state index is 0.777. The van der Waals surface area contributed by atoms with E-state index in [2.05, 4.69) is 12.1 Å². The minimum absolute atomic E-state index is 0.777. The summed E-state index contributed by atoms with van der Waals surface area (Å²) in [6.07, 6.45) is 0.903. The predicted octanol–water partition coefficient (Wildman–Crippen LogP) is 4.24. The second-order valence-corrected chi connectivity index (χ2v) is 2.78. The van der Waals surface area contributed by atoms with Gasteiger partial charge in [0.1, 0.15) is 0 Å². The highest BCUT2D eigenvalue weighted by molar-refractivity contribution is 5.50. The smallest absolute Gasteiger partial charge is 0.210 e. The van der Waals surface area contributed by atoms with Crippen molar-refractivity contribution in [3.8, 4) is 0 Å². The Hall–Kier alpha value is -1.31. The molecular formula is C15H27NO. The van der Waals surface area contributed by atoms with Crippen LogP contribution in [0.1, 0.15) is 52.7 Å². The van der Waals surface area contributed by atoms with Crippen molar-refractivity contribution in [3.63, 3.8) is 0 Å². The lowest BCUT2D eigenvalue weighted by atomic mass is 10.1. The molecule has 0 N–H and O–H groups in total. The molecule has 0 saturated heterocycles. The van der Waals surface area contributed by atoms with E-state index in [0.29, 0.717) is 0 Å². The highest BCUT2D eigenvalue weighted by Gasteiger charge is 2.15. The van der Waals surface area contributed by atoms with Crippen molar-refractivity contribution in [1.82, 2.24) is 4.90 Å². The van der Waals surface area contributed by atoms with Crippen molar-refractivity contribution < 1.29 is 4.79 Å². The largest absolute Gasteiger partial charge is 0.337 e. The summed E-state index contributed by atoms with van der Waals surface area (Å²) in [7, 11) is 0. The molecule has 0 aliphatic carbocycles. The van der Waals surface area contributed by atoms with Gasteiger partial charge in [-0.05, 0) is 11.1 Å². The first kappa shape index (κ1) is 18.1. The Morgan fingerprint density at radius 2 is 1.24 bits per heavy atom. The van der Waals surface area contributed by atoms with E-state index in [4.69, 9.17) is 0 Å². The molecule has 1 aliphatic rings. The molecule has 0 atom stereocenters. The van der Waals surface area contributed by atoms with Crippen molar-refractivity contribution in [2.45, 2.75) is 54.6 Å². The number of hydrogen-bond acceptors (Lipinski definition) is 1. The maximum atomic E-state index is 10.4. The van der Waals surface area contributed by atoms with Crippen LogP contribution in [0.25, 0.3) is 0 Å². The van der Waals surface area contributed by atoms with Crippen LogP contribution in [-0.4, -0.2) is 11.3 Å². The molecule has 2 nitrogen and oxygen atoms in total. The van der Waals surface area contributed by atoms with Crippen LogP contribution >= 0.6 is 0 Å². The maximum Gasteiger partial charge on any atom is 0.210 e. The molecule has 0 bridgehead atoms. The molecule has 0 radical (unpaired) electrons. The molecule has 0 spiro atoms. The standard InChI is InChI=1S/C9H9NO.3C2H6/c11-7-10-5-8-3-1-2-4-9(8)6-10;3*1-2/h1-4,7H,5-6H2;3*1-2H3. The van der Waals surface area contributed by atoms with Gasteiger partial charge in [-0.25, -0.2) is 0 Å². The summed E-state index contributed by atoms with van der Waals surface area (Å²) < 4.78 is 0. The van der Waals surface area contributed by atoms with Gasteiger partial charge in [0.2, 0.25) is 6.41 Å². The molecule has 1 amide bonds. The zero-order valence-corrected chi connectivity index (χ0v) is 12.2. The molecular weight excluding hydrogens is 210 g/mol. The van der Waals surface area contributed by atoms with Crippen molar-refractivity contribution in [2.75, 3.05) is 0 Å². The van der Waals surface area contributed by atoms with E-state index < -0.39 is 0 Å². The Bertz CT molecular complexity index is 259. The highest BCUT2D eigenvalue weighted by Crippen LogP contribution is 2.19. The van der Waals surface area contributed by atoms with Gasteiger partial charge in [-0.1, -0.05) is 65.8 Å². The van der Waals surface area contributed by atoms with E-state index in [1.807, 2.05) is 53.7 Å². The Morgan fingerprint density at radius 3 is 1.53 bits per heavy atom. The van der Waals surface area contributed by atoms with E-state index in [1.165, 1.54) is 11.1 Å². The fourth-order valence-corrected chi connectivity index (χ4v) is 1.43. The molecule has 1 aromatic carbocycles. The first-order valence-electron chi connectivity index (χ1n) is 6.66. The van der Waals surface area contributed by atoms with Crippen LogP contribution in [0.5, 0.6) is 0 Å². The number of fused-ring (bicyclic) bond motifs is 1. The van der Waals surface area contributed by atoms with Crippen LogP contribution in [0, 0.1) is 0 Å². The van der Waals surface area contributed by atoms with Gasteiger partial charge in [-0.2, -0.15) is 0 Å².